The molecule has 0 saturated carbocycles. The topological polar surface area (TPSA) is 44.5 Å². The molecule has 0 aliphatic carbocycles. The second kappa shape index (κ2) is 20.1. The van der Waals surface area contributed by atoms with Gasteiger partial charge in [0.05, 0.1) is 45.2 Å². The molecule has 0 aliphatic heterocycles. The maximum atomic E-state index is 5.20. The fourth-order valence-corrected chi connectivity index (χ4v) is 13.5. The fraction of sp³-hybridized carbons (Fsp3) is 0. The molecule has 0 bridgehead atoms. The van der Waals surface area contributed by atoms with Gasteiger partial charge in [-0.2, -0.15) is 0 Å². The highest BCUT2D eigenvalue weighted by Crippen LogP contribution is 2.50. The summed E-state index contributed by atoms with van der Waals surface area (Å²) in [6.45, 7) is 0. The van der Waals surface area contributed by atoms with Gasteiger partial charge in [0.2, 0.25) is 0 Å². The maximum absolute atomic E-state index is 5.20. The van der Waals surface area contributed by atoms with Crippen molar-refractivity contribution in [1.29, 1.82) is 0 Å². The lowest BCUT2D eigenvalue weighted by atomic mass is 9.94. The molecule has 402 valence electrons. The molecule has 0 unspecified atom stereocenters. The first kappa shape index (κ1) is 49.0. The Kier molecular flexibility index (Phi) is 11.5. The lowest BCUT2D eigenvalue weighted by Gasteiger charge is -2.16. The Hall–Kier alpha value is -11.6. The smallest absolute Gasteiger partial charge is 0.137 e. The summed E-state index contributed by atoms with van der Waals surface area (Å²) < 4.78 is 9.47. The zero-order valence-electron chi connectivity index (χ0n) is 46.7. The van der Waals surface area contributed by atoms with Gasteiger partial charge in [-0.1, -0.05) is 255 Å². The summed E-state index contributed by atoms with van der Waals surface area (Å²) in [5, 5.41) is 7.06. The van der Waals surface area contributed by atoms with E-state index in [0.717, 1.165) is 112 Å². The minimum Gasteiger partial charge on any atom is -0.308 e. The predicted molar refractivity (Wildman–Crippen MR) is 356 cm³/mol. The molecule has 6 heteroatoms. The summed E-state index contributed by atoms with van der Waals surface area (Å²) in [4.78, 5) is 10.4. The van der Waals surface area contributed by atoms with Gasteiger partial charge in [-0.05, 0) is 81.6 Å². The van der Waals surface area contributed by atoms with E-state index in [1.54, 1.807) is 0 Å². The number of imidazole rings is 2. The summed E-state index contributed by atoms with van der Waals surface area (Å²) in [5.41, 5.74) is 23.9. The molecule has 11 aromatic carbocycles. The highest BCUT2D eigenvalue weighted by Gasteiger charge is 2.28. The molecule has 0 saturated heterocycles. The zero-order chi connectivity index (χ0) is 56.7. The largest absolute Gasteiger partial charge is 0.308 e. The highest BCUT2D eigenvalue weighted by molar-refractivity contribution is 6.26. The second-order valence-electron chi connectivity index (χ2n) is 22.1. The average molecular weight is 1100 g/mol. The summed E-state index contributed by atoms with van der Waals surface area (Å²) in [6.07, 6.45) is 4.23. The van der Waals surface area contributed by atoms with Gasteiger partial charge in [0.15, 0.2) is 0 Å². The van der Waals surface area contributed by atoms with Crippen LogP contribution in [0.2, 0.25) is 0 Å². The standard InChI is InChI=1S/C80H52N6/c1-7-23-53(24-8-1)71-67-49-45-63-64-46-50-68-72(54-25-9-2-10-26-54)76(58-33-17-6-18-34-58)86(62-43-39-60(40-44-62)78-74(56-29-13-4-14-30-56)82-70-36-20-22-52-84(70)78)80(68)66(64)48-47-65(63)79(67)85(75(71)57-31-15-5-16-32-57)61-41-37-59(38-42-61)77-73(55-27-11-3-12-28-55)81-69-35-19-21-51-83(69)77/h1-52H. The van der Waals surface area contributed by atoms with Crippen molar-refractivity contribution in [3.05, 3.63) is 316 Å². The Morgan fingerprint density at radius 2 is 0.500 bits per heavy atom. The van der Waals surface area contributed by atoms with Gasteiger partial charge in [-0.3, -0.25) is 8.80 Å². The van der Waals surface area contributed by atoms with E-state index in [2.05, 4.69) is 334 Å². The Balaban J connectivity index is 0.927. The molecule has 6 aromatic heterocycles. The molecule has 6 heterocycles. The van der Waals surface area contributed by atoms with Crippen LogP contribution in [0.5, 0.6) is 0 Å². The lowest BCUT2D eigenvalue weighted by Crippen LogP contribution is -1.99. The van der Waals surface area contributed by atoms with Crippen LogP contribution < -0.4 is 0 Å². The third-order valence-corrected chi connectivity index (χ3v) is 17.2. The Morgan fingerprint density at radius 1 is 0.209 bits per heavy atom. The number of aromatic nitrogens is 6. The minimum absolute atomic E-state index is 0.909. The molecule has 0 fully saturated rings. The van der Waals surface area contributed by atoms with Crippen LogP contribution in [-0.4, -0.2) is 27.9 Å². The van der Waals surface area contributed by atoms with Crippen molar-refractivity contribution in [2.45, 2.75) is 0 Å². The van der Waals surface area contributed by atoms with Gasteiger partial charge in [0.1, 0.15) is 11.3 Å². The quantitative estimate of drug-likeness (QED) is 0.128. The van der Waals surface area contributed by atoms with Gasteiger partial charge >= 0.3 is 0 Å². The number of benzene rings is 11. The second-order valence-corrected chi connectivity index (χ2v) is 22.1. The molecular weight excluding hydrogens is 1040 g/mol. The third kappa shape index (κ3) is 7.81. The molecule has 6 nitrogen and oxygen atoms in total. The number of rotatable bonds is 10. The molecule has 17 rings (SSSR count). The van der Waals surface area contributed by atoms with E-state index in [9.17, 15) is 0 Å². The van der Waals surface area contributed by atoms with Gasteiger partial charge in [-0.15, -0.1) is 0 Å². The molecule has 0 N–H and O–H groups in total. The molecule has 0 spiro atoms. The van der Waals surface area contributed by atoms with Gasteiger partial charge < -0.3 is 9.13 Å². The van der Waals surface area contributed by atoms with Gasteiger partial charge in [-0.25, -0.2) is 9.97 Å². The lowest BCUT2D eigenvalue weighted by molar-refractivity contribution is 1.14. The molecule has 0 atom stereocenters. The van der Waals surface area contributed by atoms with Crippen LogP contribution >= 0.6 is 0 Å². The first-order valence-corrected chi connectivity index (χ1v) is 29.3. The predicted octanol–water partition coefficient (Wildman–Crippen LogP) is 20.5. The van der Waals surface area contributed by atoms with E-state index >= 15 is 0 Å². The Morgan fingerprint density at radius 3 is 0.860 bits per heavy atom. The number of pyridine rings is 2. The van der Waals surface area contributed by atoms with E-state index in [1.165, 1.54) is 43.4 Å². The van der Waals surface area contributed by atoms with E-state index < -0.39 is 0 Å². The van der Waals surface area contributed by atoms with Crippen LogP contribution in [0, 0.1) is 0 Å². The van der Waals surface area contributed by atoms with Crippen LogP contribution in [0.3, 0.4) is 0 Å². The summed E-state index contributed by atoms with van der Waals surface area (Å²) in [6, 6.07) is 110. The highest BCUT2D eigenvalue weighted by atomic mass is 15.0. The fourth-order valence-electron chi connectivity index (χ4n) is 13.5. The first-order chi connectivity index (χ1) is 42.7. The number of hydrogen-bond acceptors (Lipinski definition) is 2. The van der Waals surface area contributed by atoms with Crippen molar-refractivity contribution in [2.75, 3.05) is 0 Å². The summed E-state index contributed by atoms with van der Waals surface area (Å²) in [7, 11) is 0. The molecule has 0 radical (unpaired) electrons. The molecule has 0 aliphatic rings. The van der Waals surface area contributed by atoms with Crippen molar-refractivity contribution in [1.82, 2.24) is 27.9 Å². The van der Waals surface area contributed by atoms with E-state index in [1.807, 2.05) is 0 Å². The normalized spacial score (nSPS) is 11.7. The van der Waals surface area contributed by atoms with Crippen LogP contribution in [0.15, 0.2) is 316 Å². The maximum Gasteiger partial charge on any atom is 0.137 e. The number of hydrogen-bond donors (Lipinski definition) is 0. The molecule has 17 aromatic rings. The summed E-state index contributed by atoms with van der Waals surface area (Å²) >= 11 is 0. The van der Waals surface area contributed by atoms with E-state index in [0.29, 0.717) is 0 Å². The van der Waals surface area contributed by atoms with Crippen molar-refractivity contribution in [3.63, 3.8) is 0 Å². The Bertz CT molecular complexity index is 5050. The van der Waals surface area contributed by atoms with Crippen molar-refractivity contribution in [3.8, 4) is 101 Å². The van der Waals surface area contributed by atoms with Crippen molar-refractivity contribution >= 4 is 54.6 Å². The average Bonchev–Trinajstić information content (AvgIpc) is 1.67. The third-order valence-electron chi connectivity index (χ3n) is 17.2. The van der Waals surface area contributed by atoms with Gasteiger partial charge in [0, 0.05) is 78.7 Å². The van der Waals surface area contributed by atoms with Crippen LogP contribution in [-0.2, 0) is 0 Å². The summed E-state index contributed by atoms with van der Waals surface area (Å²) in [5.74, 6) is 0. The van der Waals surface area contributed by atoms with E-state index in [4.69, 9.17) is 9.97 Å². The first-order valence-electron chi connectivity index (χ1n) is 29.3. The van der Waals surface area contributed by atoms with Crippen molar-refractivity contribution < 1.29 is 0 Å². The zero-order valence-corrected chi connectivity index (χ0v) is 46.7. The molecular formula is C80H52N6. The van der Waals surface area contributed by atoms with E-state index in [-0.39, 0.29) is 0 Å². The van der Waals surface area contributed by atoms with Crippen molar-refractivity contribution in [2.24, 2.45) is 0 Å². The van der Waals surface area contributed by atoms with Crippen LogP contribution in [0.25, 0.3) is 156 Å². The molecule has 0 amide bonds. The van der Waals surface area contributed by atoms with Crippen LogP contribution in [0.1, 0.15) is 0 Å². The molecule has 86 heavy (non-hydrogen) atoms. The van der Waals surface area contributed by atoms with Crippen LogP contribution in [0.4, 0.5) is 0 Å². The monoisotopic (exact) mass is 1100 g/mol. The SMILES string of the molecule is c1ccc(-c2nc3ccccn3c2-c2ccc(-n3c(-c4ccccc4)c(-c4ccccc4)c4ccc5c6ccc7c(-c8ccccc8)c(-c8ccccc8)n(-c8ccc(-c9c(-c%10ccccc%10)nc%10ccccn9%10)cc8)c7c6ccc5c43)cc2)cc1. The minimum atomic E-state index is 0.909. The number of fused-ring (bicyclic) bond motifs is 9. The van der Waals surface area contributed by atoms with Gasteiger partial charge in [0.25, 0.3) is 0 Å². The Labute approximate surface area is 496 Å². The number of nitrogens with zero attached hydrogens (tertiary/aromatic N) is 6.